The molecule has 35 heavy (non-hydrogen) atoms. The number of aromatic nitrogens is 5. The first-order valence-corrected chi connectivity index (χ1v) is 11.7. The van der Waals surface area contributed by atoms with Crippen LogP contribution in [0.15, 0.2) is 24.3 Å². The molecule has 7 nitrogen and oxygen atoms in total. The minimum Gasteiger partial charge on any atom is -0.478 e. The van der Waals surface area contributed by atoms with E-state index in [1.165, 1.54) is 5.56 Å². The first kappa shape index (κ1) is 28.0. The summed E-state index contributed by atoms with van der Waals surface area (Å²) in [5.74, 6) is 1.04. The number of hydrogen-bond donors (Lipinski definition) is 1. The van der Waals surface area contributed by atoms with Crippen molar-refractivity contribution in [3.8, 4) is 0 Å². The second-order valence-electron chi connectivity index (χ2n) is 10.8. The van der Waals surface area contributed by atoms with Crippen LogP contribution in [0.25, 0.3) is 22.2 Å². The Morgan fingerprint density at radius 3 is 2.06 bits per heavy atom. The molecule has 0 amide bonds. The van der Waals surface area contributed by atoms with Crippen molar-refractivity contribution in [3.05, 3.63) is 52.7 Å². The highest BCUT2D eigenvalue weighted by atomic mass is 16.4. The molecule has 0 radical (unpaired) electrons. The smallest absolute Gasteiger partial charge is 0.337 e. The summed E-state index contributed by atoms with van der Waals surface area (Å²) in [6, 6.07) is 7.29. The third-order valence-electron chi connectivity index (χ3n) is 5.74. The molecule has 0 bridgehead atoms. The van der Waals surface area contributed by atoms with E-state index in [4.69, 9.17) is 4.98 Å². The Kier molecular flexibility index (Phi) is 7.84. The Labute approximate surface area is 209 Å². The van der Waals surface area contributed by atoms with Crippen LogP contribution in [0, 0.1) is 20.8 Å². The van der Waals surface area contributed by atoms with Gasteiger partial charge in [-0.25, -0.2) is 19.7 Å². The molecule has 1 aromatic carbocycles. The number of fused-ring (bicyclic) bond motifs is 2. The second-order valence-corrected chi connectivity index (χ2v) is 10.8. The SMILES string of the molecule is C.CCc1nc2c(C)cc(C)nc2n1C(C)(C)C.Cc1nc2cccc(C(=O)O)c2n1C(C)(C)C. The van der Waals surface area contributed by atoms with Crippen molar-refractivity contribution in [1.82, 2.24) is 24.1 Å². The maximum absolute atomic E-state index is 11.3. The number of pyridine rings is 1. The third kappa shape index (κ3) is 5.39. The fourth-order valence-electron chi connectivity index (χ4n) is 4.58. The van der Waals surface area contributed by atoms with Gasteiger partial charge in [0.1, 0.15) is 17.2 Å². The van der Waals surface area contributed by atoms with Crippen molar-refractivity contribution in [1.29, 1.82) is 0 Å². The Bertz CT molecular complexity index is 1360. The molecule has 1 N–H and O–H groups in total. The molecule has 0 aliphatic rings. The van der Waals surface area contributed by atoms with Crippen molar-refractivity contribution in [2.24, 2.45) is 0 Å². The maximum Gasteiger partial charge on any atom is 0.337 e. The van der Waals surface area contributed by atoms with Gasteiger partial charge in [-0.2, -0.15) is 0 Å². The Balaban J connectivity index is 0.000000240. The van der Waals surface area contributed by atoms with Crippen LogP contribution in [-0.4, -0.2) is 35.2 Å². The van der Waals surface area contributed by atoms with Crippen LogP contribution < -0.4 is 0 Å². The molecule has 4 rings (SSSR count). The summed E-state index contributed by atoms with van der Waals surface area (Å²) < 4.78 is 4.24. The van der Waals surface area contributed by atoms with Crippen molar-refractivity contribution in [2.75, 3.05) is 0 Å². The van der Waals surface area contributed by atoms with E-state index in [1.807, 2.05) is 45.3 Å². The van der Waals surface area contributed by atoms with Crippen molar-refractivity contribution >= 4 is 28.2 Å². The summed E-state index contributed by atoms with van der Waals surface area (Å²) in [6.45, 7) is 20.9. The van der Waals surface area contributed by atoms with Crippen LogP contribution in [0.3, 0.4) is 0 Å². The lowest BCUT2D eigenvalue weighted by atomic mass is 10.1. The predicted molar refractivity (Wildman–Crippen MR) is 145 cm³/mol. The molecule has 0 aliphatic heterocycles. The standard InChI is InChI=1S/C14H21N3.C13H16N2O2.CH4/c1-7-11-16-12-9(2)8-10(3)15-13(12)17(11)14(4,5)6;1-8-14-10-7-5-6-9(12(16)17)11(10)15(8)13(2,3)4;/h8H,7H2,1-6H3;5-7H,1-4H3,(H,16,17);1H4. The van der Waals surface area contributed by atoms with Crippen LogP contribution >= 0.6 is 0 Å². The number of hydrogen-bond acceptors (Lipinski definition) is 4. The summed E-state index contributed by atoms with van der Waals surface area (Å²) >= 11 is 0. The quantitative estimate of drug-likeness (QED) is 0.342. The topological polar surface area (TPSA) is 85.8 Å². The summed E-state index contributed by atoms with van der Waals surface area (Å²) in [5, 5.41) is 9.24. The number of aryl methyl sites for hydroxylation is 4. The van der Waals surface area contributed by atoms with Gasteiger partial charge in [-0.3, -0.25) is 0 Å². The number of benzene rings is 1. The Morgan fingerprint density at radius 1 is 0.943 bits per heavy atom. The molecule has 3 heterocycles. The number of para-hydroxylation sites is 1. The average molecular weight is 480 g/mol. The molecule has 4 aromatic rings. The monoisotopic (exact) mass is 479 g/mol. The summed E-state index contributed by atoms with van der Waals surface area (Å²) in [6.07, 6.45) is 0.937. The number of rotatable bonds is 2. The third-order valence-corrected chi connectivity index (χ3v) is 5.74. The lowest BCUT2D eigenvalue weighted by Gasteiger charge is -2.24. The van der Waals surface area contributed by atoms with Crippen molar-refractivity contribution < 1.29 is 9.90 Å². The van der Waals surface area contributed by atoms with E-state index in [-0.39, 0.29) is 18.5 Å². The van der Waals surface area contributed by atoms with Crippen molar-refractivity contribution in [2.45, 2.75) is 94.2 Å². The minimum absolute atomic E-state index is 0. The maximum atomic E-state index is 11.3. The fraction of sp³-hybridized carbons (Fsp3) is 0.500. The molecule has 0 aliphatic carbocycles. The van der Waals surface area contributed by atoms with Gasteiger partial charge in [-0.1, -0.05) is 20.4 Å². The lowest BCUT2D eigenvalue weighted by molar-refractivity contribution is 0.0698. The van der Waals surface area contributed by atoms with E-state index in [1.54, 1.807) is 12.1 Å². The van der Waals surface area contributed by atoms with E-state index >= 15 is 0 Å². The number of carbonyl (C=O) groups is 1. The lowest BCUT2D eigenvalue weighted by Crippen LogP contribution is -2.24. The zero-order valence-electron chi connectivity index (χ0n) is 22.1. The van der Waals surface area contributed by atoms with E-state index in [9.17, 15) is 9.90 Å². The normalized spacial score (nSPS) is 11.8. The van der Waals surface area contributed by atoms with Gasteiger partial charge >= 0.3 is 5.97 Å². The first-order valence-electron chi connectivity index (χ1n) is 11.7. The summed E-state index contributed by atoms with van der Waals surface area (Å²) in [7, 11) is 0. The minimum atomic E-state index is -0.916. The molecule has 0 fully saturated rings. The molecule has 190 valence electrons. The van der Waals surface area contributed by atoms with E-state index < -0.39 is 5.97 Å². The highest BCUT2D eigenvalue weighted by Crippen LogP contribution is 2.28. The number of imidazole rings is 2. The van der Waals surface area contributed by atoms with Crippen LogP contribution in [0.2, 0.25) is 0 Å². The second kappa shape index (κ2) is 9.80. The zero-order valence-corrected chi connectivity index (χ0v) is 22.1. The molecule has 7 heteroatoms. The zero-order chi connectivity index (χ0) is 25.6. The molecule has 0 atom stereocenters. The molecule has 0 saturated heterocycles. The summed E-state index contributed by atoms with van der Waals surface area (Å²) in [4.78, 5) is 25.1. The van der Waals surface area contributed by atoms with Gasteiger partial charge in [0.2, 0.25) is 0 Å². The van der Waals surface area contributed by atoms with Gasteiger partial charge < -0.3 is 14.2 Å². The van der Waals surface area contributed by atoms with E-state index in [0.29, 0.717) is 11.1 Å². The van der Waals surface area contributed by atoms with Crippen LogP contribution in [0.4, 0.5) is 0 Å². The van der Waals surface area contributed by atoms with Crippen molar-refractivity contribution in [3.63, 3.8) is 0 Å². The van der Waals surface area contributed by atoms with Gasteiger partial charge in [0.15, 0.2) is 5.65 Å². The molecular formula is C28H41N5O2. The Morgan fingerprint density at radius 2 is 1.54 bits per heavy atom. The highest BCUT2D eigenvalue weighted by Gasteiger charge is 2.24. The number of aromatic carboxylic acids is 1. The highest BCUT2D eigenvalue weighted by molar-refractivity contribution is 6.01. The fourth-order valence-corrected chi connectivity index (χ4v) is 4.58. The molecular weight excluding hydrogens is 438 g/mol. The number of carboxylic acids is 1. The molecule has 0 saturated carbocycles. The molecule has 0 unspecified atom stereocenters. The van der Waals surface area contributed by atoms with E-state index in [2.05, 4.69) is 55.2 Å². The van der Waals surface area contributed by atoms with Crippen LogP contribution in [0.1, 0.15) is 89.2 Å². The van der Waals surface area contributed by atoms with Gasteiger partial charge in [-0.15, -0.1) is 0 Å². The first-order chi connectivity index (χ1) is 15.7. The van der Waals surface area contributed by atoms with Crippen LogP contribution in [0.5, 0.6) is 0 Å². The van der Waals surface area contributed by atoms with E-state index in [0.717, 1.165) is 40.4 Å². The number of carboxylic acid groups (broad SMARTS) is 1. The van der Waals surface area contributed by atoms with Gasteiger partial charge in [-0.05, 0) is 86.1 Å². The largest absolute Gasteiger partial charge is 0.478 e. The number of nitrogens with zero attached hydrogens (tertiary/aromatic N) is 5. The molecule has 0 spiro atoms. The van der Waals surface area contributed by atoms with Gasteiger partial charge in [0.25, 0.3) is 0 Å². The molecule has 3 aromatic heterocycles. The predicted octanol–water partition coefficient (Wildman–Crippen LogP) is 6.80. The summed E-state index contributed by atoms with van der Waals surface area (Å²) in [5.41, 5.74) is 5.90. The van der Waals surface area contributed by atoms with Gasteiger partial charge in [0, 0.05) is 23.2 Å². The Hall–Kier alpha value is -3.22. The van der Waals surface area contributed by atoms with Crippen LogP contribution in [-0.2, 0) is 17.5 Å². The average Bonchev–Trinajstić information content (AvgIpc) is 3.24. The van der Waals surface area contributed by atoms with Gasteiger partial charge in [0.05, 0.1) is 16.6 Å².